The number of aliphatic hydroxyl groups is 2. The third kappa shape index (κ3) is 26.0. The van der Waals surface area contributed by atoms with E-state index in [0.29, 0.717) is 91.8 Å². The number of aldehydes is 2. The molecular weight excluding hydrogens is 480 g/mol. The largest absolute Gasteiger partial charge is 0.394 e. The van der Waals surface area contributed by atoms with Crippen LogP contribution >= 0.6 is 0 Å². The lowest BCUT2D eigenvalue weighted by molar-refractivity contribution is -0.109. The minimum atomic E-state index is -0.347. The molecule has 0 fully saturated rings. The minimum Gasteiger partial charge on any atom is -0.394 e. The molecular formula is C24H46O12. The van der Waals surface area contributed by atoms with Crippen LogP contribution in [0.15, 0.2) is 0 Å². The number of ether oxygens (including phenoxy) is 8. The zero-order chi connectivity index (χ0) is 26.4. The fraction of sp³-hybridized carbons (Fsp3) is 0.917. The zero-order valence-corrected chi connectivity index (χ0v) is 21.4. The number of carbonyl (C=O) groups is 2. The van der Waals surface area contributed by atoms with Gasteiger partial charge in [0.05, 0.1) is 92.5 Å². The average Bonchev–Trinajstić information content (AvgIpc) is 2.89. The summed E-state index contributed by atoms with van der Waals surface area (Å²) in [5.41, 5.74) is 0. The molecule has 0 aromatic carbocycles. The van der Waals surface area contributed by atoms with Gasteiger partial charge in [0.25, 0.3) is 0 Å². The van der Waals surface area contributed by atoms with Gasteiger partial charge in [-0.05, 0) is 12.8 Å². The van der Waals surface area contributed by atoms with Crippen molar-refractivity contribution in [3.05, 3.63) is 0 Å². The van der Waals surface area contributed by atoms with E-state index in [1.54, 1.807) is 0 Å². The molecule has 0 aromatic rings. The number of carbonyl (C=O) groups excluding carboxylic acids is 2. The topological polar surface area (TPSA) is 148 Å². The van der Waals surface area contributed by atoms with Crippen molar-refractivity contribution in [1.82, 2.24) is 0 Å². The molecule has 0 aliphatic carbocycles. The van der Waals surface area contributed by atoms with Crippen LogP contribution in [-0.4, -0.2) is 141 Å². The first-order valence-electron chi connectivity index (χ1n) is 12.6. The van der Waals surface area contributed by atoms with E-state index < -0.39 is 0 Å². The van der Waals surface area contributed by atoms with E-state index in [4.69, 9.17) is 48.1 Å². The Morgan fingerprint density at radius 2 is 0.861 bits per heavy atom. The van der Waals surface area contributed by atoms with Crippen LogP contribution in [0.1, 0.15) is 25.7 Å². The lowest BCUT2D eigenvalue weighted by Crippen LogP contribution is -2.30. The monoisotopic (exact) mass is 526 g/mol. The first-order chi connectivity index (χ1) is 17.8. The molecule has 2 N–H and O–H groups in total. The second kappa shape index (κ2) is 30.2. The fourth-order valence-corrected chi connectivity index (χ4v) is 2.68. The molecule has 0 aliphatic heterocycles. The molecule has 36 heavy (non-hydrogen) atoms. The molecule has 214 valence electrons. The van der Waals surface area contributed by atoms with Crippen molar-refractivity contribution in [2.45, 2.75) is 37.9 Å². The Bertz CT molecular complexity index is 455. The number of unbranched alkanes of at least 4 members (excludes halogenated alkanes) is 2. The molecule has 0 aromatic heterocycles. The smallest absolute Gasteiger partial charge is 0.120 e. The summed E-state index contributed by atoms with van der Waals surface area (Å²) in [6, 6.07) is 0. The molecule has 0 spiro atoms. The molecule has 0 amide bonds. The van der Waals surface area contributed by atoms with Crippen LogP contribution in [0, 0.1) is 0 Å². The Morgan fingerprint density at radius 1 is 0.472 bits per heavy atom. The van der Waals surface area contributed by atoms with E-state index >= 15 is 0 Å². The standard InChI is InChI=1S/C24H46O12/c25-5-1-3-9-29-13-14-32-21-24(36-18-17-30-10-4-2-6-26)22-34-16-15-33-20-23(35-12-8-28)19-31-11-7-27/h5-6,23-24,27-28H,1-4,7-22H2. The van der Waals surface area contributed by atoms with Gasteiger partial charge in [-0.2, -0.15) is 0 Å². The molecule has 0 bridgehead atoms. The second-order valence-electron chi connectivity index (χ2n) is 7.58. The van der Waals surface area contributed by atoms with Gasteiger partial charge in [0.2, 0.25) is 0 Å². The van der Waals surface area contributed by atoms with E-state index in [1.807, 2.05) is 0 Å². The van der Waals surface area contributed by atoms with Crippen LogP contribution in [0.2, 0.25) is 0 Å². The molecule has 2 atom stereocenters. The molecule has 0 aliphatic rings. The summed E-state index contributed by atoms with van der Waals surface area (Å²) in [4.78, 5) is 20.6. The first-order valence-corrected chi connectivity index (χ1v) is 12.6. The summed E-state index contributed by atoms with van der Waals surface area (Å²) in [5, 5.41) is 17.7. The Hall–Kier alpha value is -1.06. The number of hydrogen-bond acceptors (Lipinski definition) is 12. The van der Waals surface area contributed by atoms with Gasteiger partial charge < -0.3 is 57.7 Å². The third-order valence-corrected chi connectivity index (χ3v) is 4.44. The normalized spacial score (nSPS) is 13.1. The van der Waals surface area contributed by atoms with E-state index in [-0.39, 0.29) is 51.8 Å². The Kier molecular flexibility index (Phi) is 29.3. The van der Waals surface area contributed by atoms with Crippen molar-refractivity contribution in [1.29, 1.82) is 0 Å². The molecule has 0 rings (SSSR count). The fourth-order valence-electron chi connectivity index (χ4n) is 2.68. The predicted molar refractivity (Wildman–Crippen MR) is 129 cm³/mol. The van der Waals surface area contributed by atoms with E-state index in [2.05, 4.69) is 0 Å². The van der Waals surface area contributed by atoms with Crippen LogP contribution in [0.5, 0.6) is 0 Å². The Balaban J connectivity index is 4.11. The Morgan fingerprint density at radius 3 is 1.31 bits per heavy atom. The van der Waals surface area contributed by atoms with Crippen LogP contribution in [-0.2, 0) is 47.5 Å². The summed E-state index contributed by atoms with van der Waals surface area (Å²) in [5.74, 6) is 0. The van der Waals surface area contributed by atoms with Crippen LogP contribution in [0.3, 0.4) is 0 Å². The summed E-state index contributed by atoms with van der Waals surface area (Å²) in [6.45, 7) is 4.68. The molecule has 12 nitrogen and oxygen atoms in total. The van der Waals surface area contributed by atoms with E-state index in [1.165, 1.54) is 0 Å². The predicted octanol–water partition coefficient (Wildman–Crippen LogP) is -0.201. The molecule has 12 heteroatoms. The first kappa shape index (κ1) is 34.9. The van der Waals surface area contributed by atoms with Crippen molar-refractivity contribution >= 4 is 12.6 Å². The maximum Gasteiger partial charge on any atom is 0.120 e. The highest BCUT2D eigenvalue weighted by atomic mass is 16.6. The van der Waals surface area contributed by atoms with Gasteiger partial charge in [-0.1, -0.05) is 0 Å². The molecule has 0 heterocycles. The zero-order valence-electron chi connectivity index (χ0n) is 21.4. The van der Waals surface area contributed by atoms with Gasteiger partial charge >= 0.3 is 0 Å². The van der Waals surface area contributed by atoms with Gasteiger partial charge in [-0.15, -0.1) is 0 Å². The lowest BCUT2D eigenvalue weighted by Gasteiger charge is -2.19. The Labute approximate surface area is 214 Å². The van der Waals surface area contributed by atoms with Gasteiger partial charge in [0.15, 0.2) is 0 Å². The van der Waals surface area contributed by atoms with Gasteiger partial charge in [0.1, 0.15) is 24.8 Å². The van der Waals surface area contributed by atoms with Crippen molar-refractivity contribution in [3.63, 3.8) is 0 Å². The summed E-state index contributed by atoms with van der Waals surface area (Å²) in [7, 11) is 0. The lowest BCUT2D eigenvalue weighted by atomic mass is 10.3. The molecule has 0 saturated carbocycles. The number of aliphatic hydroxyl groups excluding tert-OH is 2. The van der Waals surface area contributed by atoms with E-state index in [0.717, 1.165) is 12.6 Å². The highest BCUT2D eigenvalue weighted by Gasteiger charge is 2.12. The van der Waals surface area contributed by atoms with Crippen molar-refractivity contribution in [2.24, 2.45) is 0 Å². The molecule has 2 unspecified atom stereocenters. The highest BCUT2D eigenvalue weighted by Crippen LogP contribution is 1.99. The summed E-state index contributed by atoms with van der Waals surface area (Å²) in [6.07, 6.45) is 3.44. The third-order valence-electron chi connectivity index (χ3n) is 4.44. The van der Waals surface area contributed by atoms with Crippen molar-refractivity contribution in [2.75, 3.05) is 106 Å². The quantitative estimate of drug-likeness (QED) is 0.0910. The van der Waals surface area contributed by atoms with Crippen LogP contribution < -0.4 is 0 Å². The average molecular weight is 527 g/mol. The number of rotatable bonds is 31. The van der Waals surface area contributed by atoms with Crippen LogP contribution in [0.25, 0.3) is 0 Å². The molecule has 0 radical (unpaired) electrons. The van der Waals surface area contributed by atoms with Gasteiger partial charge in [-0.3, -0.25) is 0 Å². The summed E-state index contributed by atoms with van der Waals surface area (Å²) < 4.78 is 44.2. The van der Waals surface area contributed by atoms with Gasteiger partial charge in [0, 0.05) is 26.1 Å². The minimum absolute atomic E-state index is 0.0743. The van der Waals surface area contributed by atoms with Gasteiger partial charge in [-0.25, -0.2) is 0 Å². The maximum absolute atomic E-state index is 10.3. The van der Waals surface area contributed by atoms with Crippen molar-refractivity contribution in [3.8, 4) is 0 Å². The second-order valence-corrected chi connectivity index (χ2v) is 7.58. The highest BCUT2D eigenvalue weighted by molar-refractivity contribution is 5.49. The molecule has 0 saturated heterocycles. The maximum atomic E-state index is 10.3. The van der Waals surface area contributed by atoms with Crippen molar-refractivity contribution < 1.29 is 57.7 Å². The SMILES string of the molecule is O=CCCCOCCOCC(COCCOCC(COCCO)OCCO)OCCOCCCC=O. The van der Waals surface area contributed by atoms with E-state index in [9.17, 15) is 9.59 Å². The van der Waals surface area contributed by atoms with Crippen LogP contribution in [0.4, 0.5) is 0 Å². The summed E-state index contributed by atoms with van der Waals surface area (Å²) >= 11 is 0. The number of hydrogen-bond donors (Lipinski definition) is 2.